The molecule has 0 spiro atoms. The number of benzene rings is 2. The molecule has 0 N–H and O–H groups in total. The number of hydrogen-bond donors (Lipinski definition) is 0. The topological polar surface area (TPSA) is 55.7 Å². The number of allylic oxidation sites excluding steroid dienone is 1. The molecule has 2 aromatic heterocycles. The zero-order valence-corrected chi connectivity index (χ0v) is 18.9. The van der Waals surface area contributed by atoms with Crippen molar-refractivity contribution in [2.24, 2.45) is 0 Å². The van der Waals surface area contributed by atoms with E-state index in [2.05, 4.69) is 15.0 Å². The standard InChI is InChI=1S/C28H19F4N3O/c29-26-18(6-1-7-19(26)15-25(36)17-5-2-8-20(13-17)28(30,31)32)14-24-22(10-4-12-33-24)27-21-9-3-11-23(21)34-16-35-27/h1-10,12-13,16H,11,14-15H2. The Morgan fingerprint density at radius 2 is 1.75 bits per heavy atom. The lowest BCUT2D eigenvalue weighted by Crippen LogP contribution is -2.10. The van der Waals surface area contributed by atoms with Gasteiger partial charge in [0, 0.05) is 42.1 Å². The van der Waals surface area contributed by atoms with Crippen LogP contribution in [0.5, 0.6) is 0 Å². The average molecular weight is 489 g/mol. The Balaban J connectivity index is 1.43. The van der Waals surface area contributed by atoms with Crippen molar-refractivity contribution in [3.05, 3.63) is 118 Å². The van der Waals surface area contributed by atoms with Crippen LogP contribution in [0.4, 0.5) is 17.6 Å². The van der Waals surface area contributed by atoms with Gasteiger partial charge in [0.1, 0.15) is 12.1 Å². The van der Waals surface area contributed by atoms with E-state index in [4.69, 9.17) is 0 Å². The summed E-state index contributed by atoms with van der Waals surface area (Å²) >= 11 is 0. The van der Waals surface area contributed by atoms with Gasteiger partial charge < -0.3 is 0 Å². The third kappa shape index (κ3) is 4.66. The number of aromatic nitrogens is 3. The lowest BCUT2D eigenvalue weighted by atomic mass is 9.96. The minimum atomic E-state index is -4.57. The maximum Gasteiger partial charge on any atom is 0.416 e. The molecule has 4 aromatic rings. The number of fused-ring (bicyclic) bond motifs is 1. The van der Waals surface area contributed by atoms with Crippen molar-refractivity contribution in [2.75, 3.05) is 0 Å². The highest BCUT2D eigenvalue weighted by molar-refractivity contribution is 5.97. The second-order valence-electron chi connectivity index (χ2n) is 8.43. The van der Waals surface area contributed by atoms with Gasteiger partial charge in [-0.05, 0) is 35.4 Å². The molecule has 36 heavy (non-hydrogen) atoms. The first kappa shape index (κ1) is 23.5. The SMILES string of the molecule is O=C(Cc1cccc(Cc2ncccc2-c2ncnc3c2C=CC3)c1F)c1cccc(C(F)(F)F)c1. The van der Waals surface area contributed by atoms with Gasteiger partial charge in [-0.15, -0.1) is 0 Å². The average Bonchev–Trinajstić information content (AvgIpc) is 3.36. The van der Waals surface area contributed by atoms with E-state index in [1.165, 1.54) is 24.5 Å². The van der Waals surface area contributed by atoms with Crippen molar-refractivity contribution in [1.29, 1.82) is 0 Å². The van der Waals surface area contributed by atoms with E-state index >= 15 is 4.39 Å². The molecule has 0 amide bonds. The van der Waals surface area contributed by atoms with Crippen LogP contribution in [-0.4, -0.2) is 20.7 Å². The Labute approximate surface area is 204 Å². The second kappa shape index (κ2) is 9.45. The van der Waals surface area contributed by atoms with Gasteiger partial charge in [0.25, 0.3) is 0 Å². The third-order valence-electron chi connectivity index (χ3n) is 6.09. The monoisotopic (exact) mass is 489 g/mol. The molecule has 0 saturated heterocycles. The molecule has 0 unspecified atom stereocenters. The van der Waals surface area contributed by atoms with Gasteiger partial charge in [0.05, 0.1) is 22.6 Å². The highest BCUT2D eigenvalue weighted by atomic mass is 19.4. The lowest BCUT2D eigenvalue weighted by Gasteiger charge is -2.13. The van der Waals surface area contributed by atoms with E-state index in [0.717, 1.165) is 35.4 Å². The van der Waals surface area contributed by atoms with E-state index < -0.39 is 23.3 Å². The molecule has 0 aliphatic heterocycles. The highest BCUT2D eigenvalue weighted by Crippen LogP contribution is 2.32. The van der Waals surface area contributed by atoms with Crippen LogP contribution in [0.15, 0.2) is 73.2 Å². The fourth-order valence-electron chi connectivity index (χ4n) is 4.30. The van der Waals surface area contributed by atoms with E-state index in [-0.39, 0.29) is 24.0 Å². The molecule has 0 fully saturated rings. The highest BCUT2D eigenvalue weighted by Gasteiger charge is 2.31. The van der Waals surface area contributed by atoms with Crippen LogP contribution in [0.3, 0.4) is 0 Å². The van der Waals surface area contributed by atoms with Crippen LogP contribution in [0.25, 0.3) is 17.3 Å². The molecular weight excluding hydrogens is 470 g/mol. The number of alkyl halides is 3. The minimum absolute atomic E-state index is 0.109. The number of halogens is 4. The summed E-state index contributed by atoms with van der Waals surface area (Å²) in [7, 11) is 0. The van der Waals surface area contributed by atoms with Crippen molar-refractivity contribution in [2.45, 2.75) is 25.4 Å². The molecule has 180 valence electrons. The fourth-order valence-corrected chi connectivity index (χ4v) is 4.30. The number of pyridine rings is 1. The Bertz CT molecular complexity index is 1490. The van der Waals surface area contributed by atoms with Gasteiger partial charge >= 0.3 is 6.18 Å². The van der Waals surface area contributed by atoms with Crippen molar-refractivity contribution < 1.29 is 22.4 Å². The maximum absolute atomic E-state index is 15.5. The van der Waals surface area contributed by atoms with E-state index in [9.17, 15) is 18.0 Å². The van der Waals surface area contributed by atoms with Crippen molar-refractivity contribution in [1.82, 2.24) is 15.0 Å². The molecule has 0 saturated carbocycles. The van der Waals surface area contributed by atoms with Crippen molar-refractivity contribution in [3.8, 4) is 11.3 Å². The number of Topliss-reactive ketones (excluding diaryl/α,β-unsaturated/α-hetero) is 1. The number of carbonyl (C=O) groups excluding carboxylic acids is 1. The zero-order chi connectivity index (χ0) is 25.3. The number of rotatable bonds is 6. The zero-order valence-electron chi connectivity index (χ0n) is 18.9. The molecule has 2 heterocycles. The third-order valence-corrected chi connectivity index (χ3v) is 6.09. The molecule has 1 aliphatic rings. The summed E-state index contributed by atoms with van der Waals surface area (Å²) in [5.41, 5.74) is 3.30. The Hall–Kier alpha value is -4.20. The number of nitrogens with zero attached hydrogens (tertiary/aromatic N) is 3. The molecule has 0 atom stereocenters. The largest absolute Gasteiger partial charge is 0.416 e. The Kier molecular flexibility index (Phi) is 6.18. The first-order valence-corrected chi connectivity index (χ1v) is 11.2. The summed E-state index contributed by atoms with van der Waals surface area (Å²) in [5, 5.41) is 0. The van der Waals surface area contributed by atoms with E-state index in [1.807, 2.05) is 18.2 Å². The smallest absolute Gasteiger partial charge is 0.294 e. The normalized spacial score (nSPS) is 12.6. The first-order chi connectivity index (χ1) is 17.3. The molecule has 0 bridgehead atoms. The fraction of sp³-hybridized carbons (Fsp3) is 0.143. The predicted molar refractivity (Wildman–Crippen MR) is 127 cm³/mol. The summed E-state index contributed by atoms with van der Waals surface area (Å²) in [6.45, 7) is 0. The first-order valence-electron chi connectivity index (χ1n) is 11.2. The number of ketones is 1. The summed E-state index contributed by atoms with van der Waals surface area (Å²) in [6.07, 6.45) is 3.02. The molecular formula is C28H19F4N3O. The molecule has 8 heteroatoms. The quantitative estimate of drug-likeness (QED) is 0.236. The van der Waals surface area contributed by atoms with Gasteiger partial charge in [-0.25, -0.2) is 14.4 Å². The van der Waals surface area contributed by atoms with E-state index in [0.29, 0.717) is 17.0 Å². The summed E-state index contributed by atoms with van der Waals surface area (Å²) in [4.78, 5) is 25.9. The van der Waals surface area contributed by atoms with Crippen molar-refractivity contribution in [3.63, 3.8) is 0 Å². The lowest BCUT2D eigenvalue weighted by molar-refractivity contribution is -0.137. The predicted octanol–water partition coefficient (Wildman–Crippen LogP) is 6.28. The second-order valence-corrected chi connectivity index (χ2v) is 8.43. The molecule has 4 nitrogen and oxygen atoms in total. The van der Waals surface area contributed by atoms with Gasteiger partial charge in [-0.3, -0.25) is 9.78 Å². The molecule has 5 rings (SSSR count). The Morgan fingerprint density at radius 3 is 2.58 bits per heavy atom. The van der Waals surface area contributed by atoms with Gasteiger partial charge in [0.15, 0.2) is 5.78 Å². The molecule has 2 aromatic carbocycles. The van der Waals surface area contributed by atoms with Crippen LogP contribution in [0.1, 0.15) is 44.0 Å². The van der Waals surface area contributed by atoms with E-state index in [1.54, 1.807) is 24.4 Å². The maximum atomic E-state index is 15.5. The van der Waals surface area contributed by atoms with Gasteiger partial charge in [-0.2, -0.15) is 13.2 Å². The molecule has 0 radical (unpaired) electrons. The van der Waals surface area contributed by atoms with Gasteiger partial charge in [0.2, 0.25) is 0 Å². The minimum Gasteiger partial charge on any atom is -0.294 e. The molecule has 1 aliphatic carbocycles. The van der Waals surface area contributed by atoms with Crippen LogP contribution < -0.4 is 0 Å². The van der Waals surface area contributed by atoms with Crippen LogP contribution in [0.2, 0.25) is 0 Å². The van der Waals surface area contributed by atoms with Crippen LogP contribution in [0, 0.1) is 5.82 Å². The number of hydrogen-bond acceptors (Lipinski definition) is 4. The summed E-state index contributed by atoms with van der Waals surface area (Å²) in [5.74, 6) is -1.18. The number of carbonyl (C=O) groups is 1. The van der Waals surface area contributed by atoms with Crippen LogP contribution >= 0.6 is 0 Å². The van der Waals surface area contributed by atoms with Crippen molar-refractivity contribution >= 4 is 11.9 Å². The van der Waals surface area contributed by atoms with Gasteiger partial charge in [-0.1, -0.05) is 42.5 Å². The Morgan fingerprint density at radius 1 is 0.944 bits per heavy atom. The van der Waals surface area contributed by atoms with Crippen LogP contribution in [-0.2, 0) is 25.4 Å². The summed E-state index contributed by atoms with van der Waals surface area (Å²) in [6, 6.07) is 12.5. The summed E-state index contributed by atoms with van der Waals surface area (Å²) < 4.78 is 54.5.